The zero-order valence-electron chi connectivity index (χ0n) is 8.77. The first-order valence-electron chi connectivity index (χ1n) is 5.13. The van der Waals surface area contributed by atoms with Crippen LogP contribution >= 0.6 is 15.9 Å². The summed E-state index contributed by atoms with van der Waals surface area (Å²) in [5, 5.41) is 12.9. The third-order valence-electron chi connectivity index (χ3n) is 2.96. The van der Waals surface area contributed by atoms with Crippen LogP contribution in [0.25, 0.3) is 10.8 Å². The second-order valence-corrected chi connectivity index (χ2v) is 4.75. The minimum absolute atomic E-state index is 0.0927. The molecular weight excluding hydrogens is 286 g/mol. The van der Waals surface area contributed by atoms with E-state index in [1.807, 2.05) is 18.2 Å². The van der Waals surface area contributed by atoms with E-state index in [-0.39, 0.29) is 10.6 Å². The van der Waals surface area contributed by atoms with Crippen LogP contribution in [0.15, 0.2) is 28.7 Å². The Kier molecular flexibility index (Phi) is 2.38. The molecule has 0 aromatic heterocycles. The number of nitro benzene ring substituents is 1. The Morgan fingerprint density at radius 3 is 2.82 bits per heavy atom. The van der Waals surface area contributed by atoms with Gasteiger partial charge in [-0.2, -0.15) is 0 Å². The predicted octanol–water partition coefficient (Wildman–Crippen LogP) is 3.54. The molecule has 2 aromatic rings. The quantitative estimate of drug-likeness (QED) is 0.597. The summed E-state index contributed by atoms with van der Waals surface area (Å²) in [6.45, 7) is 0.996. The average molecular weight is 294 g/mol. The molecular formula is C12H8BrNO3. The average Bonchev–Trinajstić information content (AvgIpc) is 2.33. The lowest BCUT2D eigenvalue weighted by Gasteiger charge is -2.18. The molecule has 0 aliphatic carbocycles. The summed E-state index contributed by atoms with van der Waals surface area (Å²) < 4.78 is 5.97. The van der Waals surface area contributed by atoms with E-state index < -0.39 is 0 Å². The molecule has 86 valence electrons. The van der Waals surface area contributed by atoms with E-state index in [2.05, 4.69) is 15.9 Å². The molecule has 0 unspecified atom stereocenters. The topological polar surface area (TPSA) is 52.4 Å². The third-order valence-corrected chi connectivity index (χ3v) is 3.79. The molecule has 0 radical (unpaired) electrons. The van der Waals surface area contributed by atoms with E-state index in [1.54, 1.807) is 6.07 Å². The van der Waals surface area contributed by atoms with Crippen LogP contribution in [0.3, 0.4) is 0 Å². The molecule has 0 atom stereocenters. The van der Waals surface area contributed by atoms with Gasteiger partial charge in [-0.3, -0.25) is 10.1 Å². The molecule has 4 nitrogen and oxygen atoms in total. The van der Waals surface area contributed by atoms with Crippen LogP contribution in [-0.4, -0.2) is 4.92 Å². The van der Waals surface area contributed by atoms with Crippen molar-refractivity contribution in [2.45, 2.75) is 13.2 Å². The molecule has 0 saturated carbocycles. The van der Waals surface area contributed by atoms with Gasteiger partial charge < -0.3 is 4.74 Å². The van der Waals surface area contributed by atoms with Crippen LogP contribution in [0.1, 0.15) is 11.1 Å². The maximum absolute atomic E-state index is 11.0. The summed E-state index contributed by atoms with van der Waals surface area (Å²) in [6.07, 6.45) is 0. The number of halogens is 1. The lowest BCUT2D eigenvalue weighted by atomic mass is 9.97. The number of hydrogen-bond donors (Lipinski definition) is 0. The van der Waals surface area contributed by atoms with Crippen LogP contribution < -0.4 is 0 Å². The number of nitro groups is 1. The van der Waals surface area contributed by atoms with Gasteiger partial charge in [0.05, 0.1) is 18.1 Å². The van der Waals surface area contributed by atoms with Crippen LogP contribution in [0.5, 0.6) is 0 Å². The zero-order chi connectivity index (χ0) is 12.0. The van der Waals surface area contributed by atoms with Gasteiger partial charge in [-0.25, -0.2) is 0 Å². The van der Waals surface area contributed by atoms with Crippen molar-refractivity contribution >= 4 is 32.4 Å². The molecule has 1 heterocycles. The summed E-state index contributed by atoms with van der Waals surface area (Å²) >= 11 is 3.32. The van der Waals surface area contributed by atoms with Crippen molar-refractivity contribution in [3.63, 3.8) is 0 Å². The van der Waals surface area contributed by atoms with Crippen LogP contribution in [0.4, 0.5) is 5.69 Å². The molecule has 2 aromatic carbocycles. The van der Waals surface area contributed by atoms with Crippen molar-refractivity contribution in [1.82, 2.24) is 0 Å². The highest BCUT2D eigenvalue weighted by Gasteiger charge is 2.22. The van der Waals surface area contributed by atoms with Gasteiger partial charge in [-0.05, 0) is 32.4 Å². The Morgan fingerprint density at radius 1 is 1.29 bits per heavy atom. The predicted molar refractivity (Wildman–Crippen MR) is 66.8 cm³/mol. The number of nitrogens with zero attached hydrogens (tertiary/aromatic N) is 1. The summed E-state index contributed by atoms with van der Waals surface area (Å²) in [5.74, 6) is 0. The van der Waals surface area contributed by atoms with Crippen molar-refractivity contribution in [2.75, 3.05) is 0 Å². The van der Waals surface area contributed by atoms with Gasteiger partial charge in [0.2, 0.25) is 0 Å². The fourth-order valence-electron chi connectivity index (χ4n) is 2.24. The Bertz CT molecular complexity index is 639. The molecule has 0 spiro atoms. The molecule has 1 aliphatic heterocycles. The molecule has 5 heteroatoms. The highest BCUT2D eigenvalue weighted by Crippen LogP contribution is 2.39. The van der Waals surface area contributed by atoms with Crippen molar-refractivity contribution in [3.8, 4) is 0 Å². The normalized spacial score (nSPS) is 13.9. The lowest BCUT2D eigenvalue weighted by molar-refractivity contribution is -0.385. The lowest BCUT2D eigenvalue weighted by Crippen LogP contribution is -2.05. The zero-order valence-corrected chi connectivity index (χ0v) is 10.4. The third kappa shape index (κ3) is 1.54. The first kappa shape index (κ1) is 10.7. The summed E-state index contributed by atoms with van der Waals surface area (Å²) in [7, 11) is 0. The Morgan fingerprint density at radius 2 is 2.06 bits per heavy atom. The maximum atomic E-state index is 11.0. The maximum Gasteiger partial charge on any atom is 0.284 e. The molecule has 0 saturated heterocycles. The van der Waals surface area contributed by atoms with E-state index in [0.29, 0.717) is 17.7 Å². The number of hydrogen-bond acceptors (Lipinski definition) is 3. The smallest absolute Gasteiger partial charge is 0.284 e. The largest absolute Gasteiger partial charge is 0.372 e. The summed E-state index contributed by atoms with van der Waals surface area (Å²) in [6, 6.07) is 7.37. The van der Waals surface area contributed by atoms with Gasteiger partial charge in [0.1, 0.15) is 4.47 Å². The number of rotatable bonds is 1. The Balaban J connectivity index is 2.46. The monoisotopic (exact) mass is 293 g/mol. The van der Waals surface area contributed by atoms with Gasteiger partial charge >= 0.3 is 0 Å². The number of benzene rings is 2. The van der Waals surface area contributed by atoms with Crippen LogP contribution in [0, 0.1) is 10.1 Å². The van der Waals surface area contributed by atoms with Crippen molar-refractivity contribution in [3.05, 3.63) is 50.0 Å². The summed E-state index contributed by atoms with van der Waals surface area (Å²) in [5.41, 5.74) is 2.06. The molecule has 17 heavy (non-hydrogen) atoms. The molecule has 0 bridgehead atoms. The van der Waals surface area contributed by atoms with Gasteiger partial charge in [0.15, 0.2) is 0 Å². The summed E-state index contributed by atoms with van der Waals surface area (Å²) in [4.78, 5) is 10.6. The van der Waals surface area contributed by atoms with Gasteiger partial charge in [-0.15, -0.1) is 0 Å². The van der Waals surface area contributed by atoms with E-state index in [4.69, 9.17) is 4.74 Å². The minimum Gasteiger partial charge on any atom is -0.372 e. The van der Waals surface area contributed by atoms with Gasteiger partial charge in [0.25, 0.3) is 5.69 Å². The first-order chi connectivity index (χ1) is 8.18. The van der Waals surface area contributed by atoms with Crippen molar-refractivity contribution in [1.29, 1.82) is 0 Å². The van der Waals surface area contributed by atoms with E-state index in [9.17, 15) is 10.1 Å². The Labute approximate surface area is 105 Å². The van der Waals surface area contributed by atoms with Crippen molar-refractivity contribution < 1.29 is 9.66 Å². The molecule has 0 fully saturated rings. The van der Waals surface area contributed by atoms with Gasteiger partial charge in [-0.1, -0.05) is 18.2 Å². The molecule has 0 N–H and O–H groups in total. The first-order valence-corrected chi connectivity index (χ1v) is 5.93. The van der Waals surface area contributed by atoms with E-state index in [1.165, 1.54) is 0 Å². The standard InChI is InChI=1S/C12H8BrNO3/c13-12-9-3-1-2-7-5-17-6-8(11(7)9)4-10(12)14(15)16/h1-4H,5-6H2. The fraction of sp³-hybridized carbons (Fsp3) is 0.167. The molecule has 3 rings (SSSR count). The Hall–Kier alpha value is -1.46. The van der Waals surface area contributed by atoms with Crippen LogP contribution in [0.2, 0.25) is 0 Å². The second kappa shape index (κ2) is 3.78. The van der Waals surface area contributed by atoms with Crippen molar-refractivity contribution in [2.24, 2.45) is 0 Å². The second-order valence-electron chi connectivity index (χ2n) is 3.96. The van der Waals surface area contributed by atoms with Gasteiger partial charge in [0, 0.05) is 11.5 Å². The fourth-order valence-corrected chi connectivity index (χ4v) is 2.83. The SMILES string of the molecule is O=[N+]([O-])c1cc2c3c(cccc3c1Br)COC2. The molecule has 0 amide bonds. The van der Waals surface area contributed by atoms with E-state index in [0.717, 1.165) is 21.9 Å². The van der Waals surface area contributed by atoms with E-state index >= 15 is 0 Å². The highest BCUT2D eigenvalue weighted by molar-refractivity contribution is 9.10. The van der Waals surface area contributed by atoms with Crippen LogP contribution in [-0.2, 0) is 18.0 Å². The molecule has 1 aliphatic rings. The minimum atomic E-state index is -0.374. The highest BCUT2D eigenvalue weighted by atomic mass is 79.9. The number of ether oxygens (including phenoxy) is 1.